The van der Waals surface area contributed by atoms with Crippen molar-refractivity contribution in [1.29, 1.82) is 0 Å². The fourth-order valence-electron chi connectivity index (χ4n) is 0.423. The van der Waals surface area contributed by atoms with E-state index in [1.807, 2.05) is 0 Å². The van der Waals surface area contributed by atoms with Gasteiger partial charge in [0.2, 0.25) is 7.44 Å². The minimum absolute atomic E-state index is 0.222. The molecule has 0 saturated carbocycles. The summed E-state index contributed by atoms with van der Waals surface area (Å²) in [5, 5.41) is 5.30. The highest BCUT2D eigenvalue weighted by atomic mass is 31.2. The van der Waals surface area contributed by atoms with Crippen molar-refractivity contribution < 1.29 is 9.30 Å². The monoisotopic (exact) mass is 152 g/mol. The SMILES string of the molecule is CNP(=O)(COC)NC. The third-order valence-corrected chi connectivity index (χ3v) is 3.10. The summed E-state index contributed by atoms with van der Waals surface area (Å²) < 4.78 is 15.9. The highest BCUT2D eigenvalue weighted by Gasteiger charge is 2.14. The molecule has 9 heavy (non-hydrogen) atoms. The van der Waals surface area contributed by atoms with Gasteiger partial charge in [-0.2, -0.15) is 0 Å². The Hall–Kier alpha value is 0.110. The van der Waals surface area contributed by atoms with Crippen molar-refractivity contribution in [3.8, 4) is 0 Å². The molecule has 0 rings (SSSR count). The average Bonchev–Trinajstić information content (AvgIpc) is 1.89. The maximum absolute atomic E-state index is 11.2. The highest BCUT2D eigenvalue weighted by molar-refractivity contribution is 7.59. The zero-order chi connectivity index (χ0) is 7.33. The van der Waals surface area contributed by atoms with Gasteiger partial charge in [0.15, 0.2) is 0 Å². The largest absolute Gasteiger partial charge is 0.374 e. The first-order chi connectivity index (χ1) is 4.18. The topological polar surface area (TPSA) is 50.4 Å². The number of nitrogens with one attached hydrogen (secondary N) is 2. The van der Waals surface area contributed by atoms with E-state index in [4.69, 9.17) is 4.74 Å². The summed E-state index contributed by atoms with van der Waals surface area (Å²) in [6.07, 6.45) is 0.222. The average molecular weight is 152 g/mol. The van der Waals surface area contributed by atoms with Crippen LogP contribution < -0.4 is 10.2 Å². The molecular weight excluding hydrogens is 139 g/mol. The first kappa shape index (κ1) is 9.11. The second-order valence-electron chi connectivity index (χ2n) is 1.60. The first-order valence-electron chi connectivity index (χ1n) is 2.64. The maximum atomic E-state index is 11.2. The molecule has 0 atom stereocenters. The molecule has 0 aliphatic rings. The number of methoxy groups -OCH3 is 1. The van der Waals surface area contributed by atoms with Gasteiger partial charge in [-0.05, 0) is 14.1 Å². The van der Waals surface area contributed by atoms with E-state index in [1.54, 1.807) is 14.1 Å². The molecular formula is C4H13N2O2P. The van der Waals surface area contributed by atoms with Crippen LogP contribution in [0.15, 0.2) is 0 Å². The Bertz CT molecular complexity index is 109. The number of rotatable bonds is 4. The van der Waals surface area contributed by atoms with Gasteiger partial charge < -0.3 is 4.74 Å². The Labute approximate surface area is 55.4 Å². The van der Waals surface area contributed by atoms with Crippen LogP contribution in [0.3, 0.4) is 0 Å². The smallest absolute Gasteiger partial charge is 0.235 e. The Balaban J connectivity index is 3.78. The van der Waals surface area contributed by atoms with Crippen LogP contribution in [0.25, 0.3) is 0 Å². The van der Waals surface area contributed by atoms with E-state index in [2.05, 4.69) is 10.2 Å². The van der Waals surface area contributed by atoms with E-state index in [9.17, 15) is 4.57 Å². The summed E-state index contributed by atoms with van der Waals surface area (Å²) in [4.78, 5) is 0. The molecule has 0 aliphatic carbocycles. The standard InChI is InChI=1S/C4H13N2O2P/c1-5-9(7,6-2)4-8-3/h4H2,1-3H3,(H2,5,6,7). The quantitative estimate of drug-likeness (QED) is 0.566. The van der Waals surface area contributed by atoms with Gasteiger partial charge in [-0.1, -0.05) is 0 Å². The lowest BCUT2D eigenvalue weighted by Gasteiger charge is -2.13. The highest BCUT2D eigenvalue weighted by Crippen LogP contribution is 2.32. The summed E-state index contributed by atoms with van der Waals surface area (Å²) in [5.41, 5.74) is 0. The molecule has 0 bridgehead atoms. The summed E-state index contributed by atoms with van der Waals surface area (Å²) in [7, 11) is 2.38. The number of hydrogen-bond donors (Lipinski definition) is 2. The van der Waals surface area contributed by atoms with E-state index >= 15 is 0 Å². The normalized spacial score (nSPS) is 11.9. The Kier molecular flexibility index (Phi) is 4.06. The predicted octanol–water partition coefficient (Wildman–Crippen LogP) is 0.222. The van der Waals surface area contributed by atoms with Crippen molar-refractivity contribution in [2.45, 2.75) is 0 Å². The molecule has 0 amide bonds. The molecule has 2 N–H and O–H groups in total. The lowest BCUT2D eigenvalue weighted by atomic mass is 11.5. The number of hydrogen-bond acceptors (Lipinski definition) is 2. The van der Waals surface area contributed by atoms with Crippen LogP contribution in [-0.4, -0.2) is 27.6 Å². The van der Waals surface area contributed by atoms with E-state index in [0.717, 1.165) is 0 Å². The van der Waals surface area contributed by atoms with Crippen LogP contribution in [0.4, 0.5) is 0 Å². The van der Waals surface area contributed by atoms with Gasteiger partial charge in [-0.15, -0.1) is 0 Å². The molecule has 0 aromatic carbocycles. The second-order valence-corrected chi connectivity index (χ2v) is 4.24. The molecule has 0 aliphatic heterocycles. The van der Waals surface area contributed by atoms with Gasteiger partial charge in [-0.3, -0.25) is 14.7 Å². The van der Waals surface area contributed by atoms with E-state index in [1.165, 1.54) is 7.11 Å². The van der Waals surface area contributed by atoms with Crippen LogP contribution in [0.5, 0.6) is 0 Å². The molecule has 0 aromatic rings. The van der Waals surface area contributed by atoms with Crippen LogP contribution >= 0.6 is 7.44 Å². The van der Waals surface area contributed by atoms with Crippen molar-refractivity contribution in [2.24, 2.45) is 0 Å². The van der Waals surface area contributed by atoms with Gasteiger partial charge in [-0.25, -0.2) is 0 Å². The van der Waals surface area contributed by atoms with Crippen LogP contribution in [0.2, 0.25) is 0 Å². The molecule has 0 unspecified atom stereocenters. The van der Waals surface area contributed by atoms with Gasteiger partial charge in [0, 0.05) is 7.11 Å². The Morgan fingerprint density at radius 2 is 1.89 bits per heavy atom. The molecule has 0 fully saturated rings. The molecule has 5 heteroatoms. The summed E-state index contributed by atoms with van der Waals surface area (Å²) in [6, 6.07) is 0. The number of ether oxygens (including phenoxy) is 1. The Morgan fingerprint density at radius 3 is 2.00 bits per heavy atom. The zero-order valence-corrected chi connectivity index (χ0v) is 6.87. The van der Waals surface area contributed by atoms with Crippen molar-refractivity contribution in [1.82, 2.24) is 10.2 Å². The third kappa shape index (κ3) is 2.96. The fourth-order valence-corrected chi connectivity index (χ4v) is 1.27. The lowest BCUT2D eigenvalue weighted by Crippen LogP contribution is -2.18. The summed E-state index contributed by atoms with van der Waals surface area (Å²) in [5.74, 6) is 0. The van der Waals surface area contributed by atoms with Gasteiger partial charge in [0.05, 0.1) is 0 Å². The minimum atomic E-state index is -2.40. The van der Waals surface area contributed by atoms with Gasteiger partial charge in [0.25, 0.3) is 0 Å². The van der Waals surface area contributed by atoms with E-state index < -0.39 is 7.44 Å². The van der Waals surface area contributed by atoms with Crippen LogP contribution in [-0.2, 0) is 9.30 Å². The maximum Gasteiger partial charge on any atom is 0.235 e. The van der Waals surface area contributed by atoms with E-state index in [-0.39, 0.29) is 6.35 Å². The molecule has 0 radical (unpaired) electrons. The third-order valence-electron chi connectivity index (χ3n) is 1.03. The van der Waals surface area contributed by atoms with Crippen LogP contribution in [0.1, 0.15) is 0 Å². The minimum Gasteiger partial charge on any atom is -0.374 e. The zero-order valence-electron chi connectivity index (χ0n) is 5.97. The van der Waals surface area contributed by atoms with E-state index in [0.29, 0.717) is 0 Å². The predicted molar refractivity (Wildman–Crippen MR) is 37.6 cm³/mol. The fraction of sp³-hybridized carbons (Fsp3) is 1.00. The van der Waals surface area contributed by atoms with Crippen molar-refractivity contribution >= 4 is 7.44 Å². The van der Waals surface area contributed by atoms with Gasteiger partial charge in [0.1, 0.15) is 6.35 Å². The molecule has 0 saturated heterocycles. The molecule has 4 nitrogen and oxygen atoms in total. The van der Waals surface area contributed by atoms with Gasteiger partial charge >= 0.3 is 0 Å². The lowest BCUT2D eigenvalue weighted by molar-refractivity contribution is 0.246. The Morgan fingerprint density at radius 1 is 1.44 bits per heavy atom. The molecule has 0 heterocycles. The van der Waals surface area contributed by atoms with Crippen LogP contribution in [0, 0.1) is 0 Å². The first-order valence-corrected chi connectivity index (χ1v) is 4.53. The molecule has 0 spiro atoms. The summed E-state index contributed by atoms with van der Waals surface area (Å²) >= 11 is 0. The summed E-state index contributed by atoms with van der Waals surface area (Å²) in [6.45, 7) is 0. The molecule has 0 aromatic heterocycles. The van der Waals surface area contributed by atoms with Crippen molar-refractivity contribution in [3.63, 3.8) is 0 Å². The second kappa shape index (κ2) is 4.01. The molecule has 56 valence electrons. The van der Waals surface area contributed by atoms with Crippen molar-refractivity contribution in [3.05, 3.63) is 0 Å². The van der Waals surface area contributed by atoms with Crippen molar-refractivity contribution in [2.75, 3.05) is 27.6 Å².